The number of ether oxygens (including phenoxy) is 5. The van der Waals surface area contributed by atoms with E-state index < -0.39 is 67.0 Å². The van der Waals surface area contributed by atoms with Crippen molar-refractivity contribution in [2.45, 2.75) is 58.3 Å². The standard InChI is InChI=1S/C21H24ClNO10/c1-10(24)29-9-16-18(30-11(2)25)19(31-12(3)26)17(21(33-16)32-13(4)27)23-20(28)14-7-5-6-8-15(14)22/h5-8,16-19,21H,9H2,1-4H3,(H,23,28)/t16-,17+,18-,19-,21-/m0/s1. The molecule has 2 rings (SSSR count). The van der Waals surface area contributed by atoms with Crippen molar-refractivity contribution in [2.24, 2.45) is 0 Å². The lowest BCUT2D eigenvalue weighted by molar-refractivity contribution is -0.270. The number of nitrogens with one attached hydrogen (secondary N) is 1. The summed E-state index contributed by atoms with van der Waals surface area (Å²) in [7, 11) is 0. The molecule has 0 unspecified atom stereocenters. The van der Waals surface area contributed by atoms with Crippen LogP contribution in [0, 0.1) is 0 Å². The van der Waals surface area contributed by atoms with Crippen LogP contribution in [0.15, 0.2) is 24.3 Å². The number of hydrogen-bond acceptors (Lipinski definition) is 10. The summed E-state index contributed by atoms with van der Waals surface area (Å²) >= 11 is 6.09. The van der Waals surface area contributed by atoms with Gasteiger partial charge in [-0.2, -0.15) is 0 Å². The molecule has 1 fully saturated rings. The van der Waals surface area contributed by atoms with E-state index in [2.05, 4.69) is 5.32 Å². The number of carbonyl (C=O) groups excluding carboxylic acids is 5. The number of esters is 4. The van der Waals surface area contributed by atoms with E-state index in [1.807, 2.05) is 0 Å². The van der Waals surface area contributed by atoms with Crippen molar-refractivity contribution in [3.63, 3.8) is 0 Å². The molecule has 0 radical (unpaired) electrons. The summed E-state index contributed by atoms with van der Waals surface area (Å²) in [5.41, 5.74) is 0.0911. The molecule has 1 aromatic rings. The second-order valence-corrected chi connectivity index (χ2v) is 7.49. The fraction of sp³-hybridized carbons (Fsp3) is 0.476. The first-order chi connectivity index (χ1) is 15.5. The Kier molecular flexibility index (Phi) is 9.18. The van der Waals surface area contributed by atoms with E-state index in [9.17, 15) is 24.0 Å². The number of halogens is 1. The summed E-state index contributed by atoms with van der Waals surface area (Å²) in [5, 5.41) is 2.72. The van der Waals surface area contributed by atoms with Gasteiger partial charge in [0, 0.05) is 27.7 Å². The predicted octanol–water partition coefficient (Wildman–Crippen LogP) is 1.15. The van der Waals surface area contributed by atoms with Crippen molar-refractivity contribution >= 4 is 41.4 Å². The molecular weight excluding hydrogens is 462 g/mol. The molecule has 0 aliphatic carbocycles. The maximum atomic E-state index is 12.9. The van der Waals surface area contributed by atoms with Crippen molar-refractivity contribution in [3.05, 3.63) is 34.9 Å². The largest absolute Gasteiger partial charge is 0.463 e. The third-order valence-corrected chi connectivity index (χ3v) is 4.73. The minimum Gasteiger partial charge on any atom is -0.463 e. The lowest BCUT2D eigenvalue weighted by atomic mass is 9.95. The van der Waals surface area contributed by atoms with Gasteiger partial charge in [0.1, 0.15) is 18.8 Å². The van der Waals surface area contributed by atoms with Crippen molar-refractivity contribution in [3.8, 4) is 0 Å². The minimum absolute atomic E-state index is 0.0911. The molecule has 12 heteroatoms. The smallest absolute Gasteiger partial charge is 0.305 e. The highest BCUT2D eigenvalue weighted by atomic mass is 35.5. The van der Waals surface area contributed by atoms with Crippen LogP contribution in [0.25, 0.3) is 0 Å². The zero-order valence-electron chi connectivity index (χ0n) is 18.4. The Balaban J connectivity index is 2.47. The monoisotopic (exact) mass is 485 g/mol. The summed E-state index contributed by atoms with van der Waals surface area (Å²) in [6, 6.07) is 4.86. The second kappa shape index (κ2) is 11.6. The van der Waals surface area contributed by atoms with Gasteiger partial charge in [0.2, 0.25) is 6.29 Å². The van der Waals surface area contributed by atoms with E-state index in [0.717, 1.165) is 27.7 Å². The molecule has 0 bridgehead atoms. The third kappa shape index (κ3) is 7.43. The predicted molar refractivity (Wildman–Crippen MR) is 111 cm³/mol. The van der Waals surface area contributed by atoms with Crippen LogP contribution in [0.1, 0.15) is 38.1 Å². The van der Waals surface area contributed by atoms with Gasteiger partial charge >= 0.3 is 23.9 Å². The number of carbonyl (C=O) groups is 5. The quantitative estimate of drug-likeness (QED) is 0.441. The third-order valence-electron chi connectivity index (χ3n) is 4.40. The van der Waals surface area contributed by atoms with E-state index in [1.54, 1.807) is 12.1 Å². The lowest BCUT2D eigenvalue weighted by Crippen LogP contribution is -2.67. The van der Waals surface area contributed by atoms with E-state index in [-0.39, 0.29) is 10.6 Å². The van der Waals surface area contributed by atoms with Crippen LogP contribution in [0.3, 0.4) is 0 Å². The summed E-state index contributed by atoms with van der Waals surface area (Å²) < 4.78 is 26.5. The Labute approximate surface area is 194 Å². The fourth-order valence-corrected chi connectivity index (χ4v) is 3.42. The molecule has 11 nitrogen and oxygen atoms in total. The highest BCUT2D eigenvalue weighted by Gasteiger charge is 2.52. The summed E-state index contributed by atoms with van der Waals surface area (Å²) in [4.78, 5) is 59.6. The Bertz CT molecular complexity index is 920. The molecule has 1 aromatic carbocycles. The summed E-state index contributed by atoms with van der Waals surface area (Å²) in [6.07, 6.45) is -5.34. The molecule has 1 heterocycles. The van der Waals surface area contributed by atoms with Crippen molar-refractivity contribution in [1.29, 1.82) is 0 Å². The van der Waals surface area contributed by atoms with Gasteiger partial charge in [-0.05, 0) is 12.1 Å². The van der Waals surface area contributed by atoms with Crippen LogP contribution < -0.4 is 5.32 Å². The topological polar surface area (TPSA) is 144 Å². The number of hydrogen-bond donors (Lipinski definition) is 1. The molecule has 0 spiro atoms. The molecule has 1 saturated heterocycles. The number of rotatable bonds is 7. The van der Waals surface area contributed by atoms with Crippen LogP contribution in [0.5, 0.6) is 0 Å². The summed E-state index contributed by atoms with van der Waals surface area (Å²) in [6.45, 7) is 4.08. The molecule has 1 aliphatic rings. The Morgan fingerprint density at radius 3 is 2.00 bits per heavy atom. The first-order valence-electron chi connectivity index (χ1n) is 9.85. The molecule has 1 aliphatic heterocycles. The van der Waals surface area contributed by atoms with E-state index >= 15 is 0 Å². The van der Waals surface area contributed by atoms with Crippen LogP contribution in [-0.2, 0) is 42.9 Å². The van der Waals surface area contributed by atoms with E-state index in [4.69, 9.17) is 35.3 Å². The average molecular weight is 486 g/mol. The minimum atomic E-state index is -1.48. The van der Waals surface area contributed by atoms with Gasteiger partial charge in [-0.1, -0.05) is 23.7 Å². The zero-order valence-corrected chi connectivity index (χ0v) is 19.1. The molecule has 1 N–H and O–H groups in total. The summed E-state index contributed by atoms with van der Waals surface area (Å²) in [5.74, 6) is -3.64. The van der Waals surface area contributed by atoms with Crippen molar-refractivity contribution in [2.75, 3.05) is 6.61 Å². The first kappa shape index (κ1) is 26.1. The maximum absolute atomic E-state index is 12.9. The Morgan fingerprint density at radius 2 is 1.45 bits per heavy atom. The number of amides is 1. The van der Waals surface area contributed by atoms with Gasteiger partial charge in [0.05, 0.1) is 10.6 Å². The molecule has 1 amide bonds. The van der Waals surface area contributed by atoms with Crippen LogP contribution in [-0.4, -0.2) is 67.0 Å². The number of benzene rings is 1. The van der Waals surface area contributed by atoms with Gasteiger partial charge < -0.3 is 29.0 Å². The molecule has 0 saturated carbocycles. The molecule has 33 heavy (non-hydrogen) atoms. The Hall–Kier alpha value is -3.18. The van der Waals surface area contributed by atoms with Gasteiger partial charge in [-0.25, -0.2) is 0 Å². The van der Waals surface area contributed by atoms with Gasteiger partial charge in [0.15, 0.2) is 12.2 Å². The zero-order chi connectivity index (χ0) is 24.7. The van der Waals surface area contributed by atoms with Crippen LogP contribution >= 0.6 is 11.6 Å². The van der Waals surface area contributed by atoms with Gasteiger partial charge in [-0.3, -0.25) is 24.0 Å². The fourth-order valence-electron chi connectivity index (χ4n) is 3.19. The molecule has 0 aromatic heterocycles. The highest BCUT2D eigenvalue weighted by Crippen LogP contribution is 2.28. The maximum Gasteiger partial charge on any atom is 0.305 e. The van der Waals surface area contributed by atoms with E-state index in [1.165, 1.54) is 12.1 Å². The van der Waals surface area contributed by atoms with Gasteiger partial charge in [0.25, 0.3) is 5.91 Å². The second-order valence-electron chi connectivity index (χ2n) is 7.08. The van der Waals surface area contributed by atoms with Crippen molar-refractivity contribution < 1.29 is 47.7 Å². The van der Waals surface area contributed by atoms with Crippen LogP contribution in [0.2, 0.25) is 5.02 Å². The van der Waals surface area contributed by atoms with Gasteiger partial charge in [-0.15, -0.1) is 0 Å². The van der Waals surface area contributed by atoms with E-state index in [0.29, 0.717) is 0 Å². The molecule has 5 atom stereocenters. The normalized spacial score (nSPS) is 24.2. The average Bonchev–Trinajstić information content (AvgIpc) is 2.70. The molecule has 180 valence electrons. The van der Waals surface area contributed by atoms with Crippen LogP contribution in [0.4, 0.5) is 0 Å². The first-order valence-corrected chi connectivity index (χ1v) is 10.2. The lowest BCUT2D eigenvalue weighted by Gasteiger charge is -2.44. The van der Waals surface area contributed by atoms with Crippen molar-refractivity contribution in [1.82, 2.24) is 5.32 Å². The molecular formula is C21H24ClNO10. The Morgan fingerprint density at radius 1 is 0.879 bits per heavy atom. The highest BCUT2D eigenvalue weighted by molar-refractivity contribution is 6.33. The SMILES string of the molecule is CC(=O)OC[C@@H]1O[C@H](OC(C)=O)[C@H](NC(=O)c2ccccc2Cl)[C@H](OC(C)=O)[C@H]1OC(C)=O.